The van der Waals surface area contributed by atoms with Gasteiger partial charge in [0.1, 0.15) is 11.3 Å². The van der Waals surface area contributed by atoms with Crippen LogP contribution in [-0.2, 0) is 0 Å². The van der Waals surface area contributed by atoms with Crippen LogP contribution in [0, 0.1) is 17.0 Å². The van der Waals surface area contributed by atoms with E-state index in [0.717, 1.165) is 0 Å². The molecule has 1 heterocycles. The van der Waals surface area contributed by atoms with E-state index in [0.29, 0.717) is 22.7 Å². The third-order valence-electron chi connectivity index (χ3n) is 3.00. The first-order chi connectivity index (χ1) is 11.0. The van der Waals surface area contributed by atoms with Crippen molar-refractivity contribution in [3.63, 3.8) is 0 Å². The van der Waals surface area contributed by atoms with Gasteiger partial charge in [-0.2, -0.15) is 0 Å². The summed E-state index contributed by atoms with van der Waals surface area (Å²) in [6.45, 7) is 1.73. The Labute approximate surface area is 129 Å². The normalized spacial score (nSPS) is 10.5. The van der Waals surface area contributed by atoms with Crippen molar-refractivity contribution in [1.29, 1.82) is 0 Å². The first kappa shape index (κ1) is 14.5. The highest BCUT2D eigenvalue weighted by Crippen LogP contribution is 2.21. The van der Waals surface area contributed by atoms with Gasteiger partial charge in [-0.25, -0.2) is 9.78 Å². The number of hydrogen-bond acceptors (Lipinski definition) is 6. The van der Waals surface area contributed by atoms with Crippen molar-refractivity contribution in [2.24, 2.45) is 0 Å². The summed E-state index contributed by atoms with van der Waals surface area (Å²) >= 11 is 0. The third-order valence-corrected chi connectivity index (χ3v) is 3.00. The van der Waals surface area contributed by atoms with Gasteiger partial charge in [0.2, 0.25) is 0 Å². The number of hydrogen-bond donors (Lipinski definition) is 1. The van der Waals surface area contributed by atoms with Gasteiger partial charge in [0.15, 0.2) is 11.5 Å². The van der Waals surface area contributed by atoms with Crippen LogP contribution in [0.25, 0.3) is 11.1 Å². The second-order valence-corrected chi connectivity index (χ2v) is 4.68. The molecular formula is C15H11N3O5. The Hall–Kier alpha value is -3.42. The topological polar surface area (TPSA) is 108 Å². The maximum absolute atomic E-state index is 11.8. The molecule has 3 rings (SSSR count). The number of rotatable bonds is 3. The van der Waals surface area contributed by atoms with E-state index in [4.69, 9.17) is 9.15 Å². The molecule has 0 fully saturated rings. The SMILES string of the molecule is Cc1nc2cc(NC(=O)Oc3ccc([N+](=O)[O-])cc3)ccc2o1. The van der Waals surface area contributed by atoms with Crippen molar-refractivity contribution < 1.29 is 18.9 Å². The van der Waals surface area contributed by atoms with Crippen LogP contribution in [0.3, 0.4) is 0 Å². The molecule has 8 heteroatoms. The predicted octanol–water partition coefficient (Wildman–Crippen LogP) is 3.66. The highest BCUT2D eigenvalue weighted by molar-refractivity contribution is 5.89. The van der Waals surface area contributed by atoms with Gasteiger partial charge >= 0.3 is 6.09 Å². The molecule has 3 aromatic rings. The van der Waals surface area contributed by atoms with Crippen LogP contribution in [0.5, 0.6) is 5.75 Å². The van der Waals surface area contributed by atoms with Crippen LogP contribution in [0.15, 0.2) is 46.9 Å². The van der Waals surface area contributed by atoms with Gasteiger partial charge in [-0.1, -0.05) is 0 Å². The lowest BCUT2D eigenvalue weighted by Crippen LogP contribution is -2.16. The van der Waals surface area contributed by atoms with Gasteiger partial charge in [0.05, 0.1) is 4.92 Å². The summed E-state index contributed by atoms with van der Waals surface area (Å²) in [5, 5.41) is 13.1. The summed E-state index contributed by atoms with van der Waals surface area (Å²) in [6.07, 6.45) is -0.710. The molecule has 0 unspecified atom stereocenters. The molecule has 8 nitrogen and oxygen atoms in total. The molecule has 1 amide bonds. The van der Waals surface area contributed by atoms with Gasteiger partial charge in [-0.15, -0.1) is 0 Å². The Morgan fingerprint density at radius 1 is 1.26 bits per heavy atom. The summed E-state index contributed by atoms with van der Waals surface area (Å²) in [6, 6.07) is 10.2. The van der Waals surface area contributed by atoms with Crippen molar-refractivity contribution in [3.8, 4) is 5.75 Å². The quantitative estimate of drug-likeness (QED) is 0.584. The number of nitro benzene ring substituents is 1. The van der Waals surface area contributed by atoms with E-state index in [1.54, 1.807) is 25.1 Å². The summed E-state index contributed by atoms with van der Waals surface area (Å²) in [5.74, 6) is 0.733. The van der Waals surface area contributed by atoms with E-state index in [2.05, 4.69) is 10.3 Å². The first-order valence-corrected chi connectivity index (χ1v) is 6.62. The molecule has 0 saturated carbocycles. The molecule has 0 atom stereocenters. The van der Waals surface area contributed by atoms with Crippen LogP contribution in [0.4, 0.5) is 16.2 Å². The van der Waals surface area contributed by atoms with Crippen molar-refractivity contribution in [3.05, 3.63) is 58.5 Å². The van der Waals surface area contributed by atoms with Crippen LogP contribution in [0.2, 0.25) is 0 Å². The van der Waals surface area contributed by atoms with E-state index in [1.807, 2.05) is 0 Å². The number of ether oxygens (including phenoxy) is 1. The lowest BCUT2D eigenvalue weighted by molar-refractivity contribution is -0.384. The second-order valence-electron chi connectivity index (χ2n) is 4.68. The number of benzene rings is 2. The number of carbonyl (C=O) groups is 1. The first-order valence-electron chi connectivity index (χ1n) is 6.62. The molecule has 1 aromatic heterocycles. The third kappa shape index (κ3) is 3.26. The van der Waals surface area contributed by atoms with Gasteiger partial charge in [0.25, 0.3) is 5.69 Å². The highest BCUT2D eigenvalue weighted by atomic mass is 16.6. The number of nitrogens with one attached hydrogen (secondary N) is 1. The summed E-state index contributed by atoms with van der Waals surface area (Å²) in [5.41, 5.74) is 1.66. The molecule has 0 aliphatic carbocycles. The minimum Gasteiger partial charge on any atom is -0.441 e. The van der Waals surface area contributed by atoms with E-state index < -0.39 is 11.0 Å². The fourth-order valence-electron chi connectivity index (χ4n) is 2.01. The molecule has 116 valence electrons. The molecule has 1 N–H and O–H groups in total. The zero-order valence-electron chi connectivity index (χ0n) is 12.0. The molecule has 23 heavy (non-hydrogen) atoms. The van der Waals surface area contributed by atoms with Gasteiger partial charge < -0.3 is 9.15 Å². The summed E-state index contributed by atoms with van der Waals surface area (Å²) < 4.78 is 10.4. The van der Waals surface area contributed by atoms with Crippen LogP contribution in [-0.4, -0.2) is 16.0 Å². The van der Waals surface area contributed by atoms with E-state index >= 15 is 0 Å². The van der Waals surface area contributed by atoms with E-state index in [1.165, 1.54) is 24.3 Å². The Bertz CT molecular complexity index is 886. The number of aryl methyl sites for hydroxylation is 1. The monoisotopic (exact) mass is 313 g/mol. The summed E-state index contributed by atoms with van der Waals surface area (Å²) in [7, 11) is 0. The maximum Gasteiger partial charge on any atom is 0.417 e. The number of fused-ring (bicyclic) bond motifs is 1. The van der Waals surface area contributed by atoms with Crippen molar-refractivity contribution >= 4 is 28.6 Å². The number of nitro groups is 1. The Morgan fingerprint density at radius 3 is 2.70 bits per heavy atom. The fraction of sp³-hybridized carbons (Fsp3) is 0.0667. The van der Waals surface area contributed by atoms with Crippen LogP contribution < -0.4 is 10.1 Å². The molecule has 0 bridgehead atoms. The largest absolute Gasteiger partial charge is 0.441 e. The number of non-ortho nitro benzene ring substituents is 1. The minimum atomic E-state index is -0.710. The number of anilines is 1. The number of oxazole rings is 1. The van der Waals surface area contributed by atoms with Crippen LogP contribution >= 0.6 is 0 Å². The highest BCUT2D eigenvalue weighted by Gasteiger charge is 2.10. The standard InChI is InChI=1S/C15H11N3O5/c1-9-16-13-8-10(2-7-14(13)22-9)17-15(19)23-12-5-3-11(4-6-12)18(20)21/h2-8H,1H3,(H,17,19). The van der Waals surface area contributed by atoms with Gasteiger partial charge in [0, 0.05) is 24.7 Å². The average molecular weight is 313 g/mol. The minimum absolute atomic E-state index is 0.0791. The zero-order chi connectivity index (χ0) is 16.4. The summed E-state index contributed by atoms with van der Waals surface area (Å²) in [4.78, 5) is 26.0. The van der Waals surface area contributed by atoms with Crippen LogP contribution in [0.1, 0.15) is 5.89 Å². The number of nitrogens with zero attached hydrogens (tertiary/aromatic N) is 2. The number of amides is 1. The van der Waals surface area contributed by atoms with Crippen molar-refractivity contribution in [2.45, 2.75) is 6.92 Å². The Kier molecular flexibility index (Phi) is 3.63. The second kappa shape index (κ2) is 5.76. The molecule has 0 aliphatic rings. The lowest BCUT2D eigenvalue weighted by atomic mass is 10.3. The van der Waals surface area contributed by atoms with Gasteiger partial charge in [-0.05, 0) is 30.3 Å². The molecule has 2 aromatic carbocycles. The predicted molar refractivity (Wildman–Crippen MR) is 81.5 cm³/mol. The molecule has 0 aliphatic heterocycles. The molecule has 0 saturated heterocycles. The number of carbonyl (C=O) groups excluding carboxylic acids is 1. The zero-order valence-corrected chi connectivity index (χ0v) is 12.0. The number of aromatic nitrogens is 1. The molecular weight excluding hydrogens is 302 g/mol. The molecule has 0 radical (unpaired) electrons. The molecule has 0 spiro atoms. The van der Waals surface area contributed by atoms with E-state index in [-0.39, 0.29) is 11.4 Å². The van der Waals surface area contributed by atoms with Crippen molar-refractivity contribution in [1.82, 2.24) is 4.98 Å². The average Bonchev–Trinajstić information content (AvgIpc) is 2.87. The Balaban J connectivity index is 1.69. The maximum atomic E-state index is 11.8. The fourth-order valence-corrected chi connectivity index (χ4v) is 2.01. The van der Waals surface area contributed by atoms with Crippen molar-refractivity contribution in [2.75, 3.05) is 5.32 Å². The van der Waals surface area contributed by atoms with Gasteiger partial charge in [-0.3, -0.25) is 15.4 Å². The smallest absolute Gasteiger partial charge is 0.417 e. The van der Waals surface area contributed by atoms with E-state index in [9.17, 15) is 14.9 Å². The lowest BCUT2D eigenvalue weighted by Gasteiger charge is -2.06. The Morgan fingerprint density at radius 2 is 2.00 bits per heavy atom.